The second-order valence-corrected chi connectivity index (χ2v) is 11.9. The summed E-state index contributed by atoms with van der Waals surface area (Å²) >= 11 is 0. The van der Waals surface area contributed by atoms with Gasteiger partial charge in [-0.2, -0.15) is 0 Å². The topological polar surface area (TPSA) is 188 Å². The van der Waals surface area contributed by atoms with Gasteiger partial charge in [0.2, 0.25) is 29.5 Å². The molecule has 2 aromatic carbocycles. The summed E-state index contributed by atoms with van der Waals surface area (Å²) in [5, 5.41) is 18.5. The lowest BCUT2D eigenvalue weighted by molar-refractivity contribution is -0.139. The zero-order chi connectivity index (χ0) is 31.7. The van der Waals surface area contributed by atoms with Gasteiger partial charge in [-0.15, -0.1) is 0 Å². The molecule has 12 nitrogen and oxygen atoms in total. The summed E-state index contributed by atoms with van der Waals surface area (Å²) in [5.41, 5.74) is 6.03. The first kappa shape index (κ1) is 33.0. The molecule has 12 heteroatoms. The van der Waals surface area contributed by atoms with Crippen LogP contribution in [0.4, 0.5) is 0 Å². The van der Waals surface area contributed by atoms with E-state index in [1.165, 1.54) is 6.92 Å². The number of carboxylic acids is 1. The van der Waals surface area contributed by atoms with Crippen LogP contribution >= 0.6 is 0 Å². The molecule has 0 aliphatic carbocycles. The van der Waals surface area contributed by atoms with Crippen molar-refractivity contribution in [1.82, 2.24) is 20.9 Å². The number of aliphatic carboxylic acids is 1. The number of fused-ring (bicyclic) bond motifs is 1. The van der Waals surface area contributed by atoms with Gasteiger partial charge in [-0.05, 0) is 41.5 Å². The van der Waals surface area contributed by atoms with Gasteiger partial charge in [0.1, 0.15) is 18.1 Å². The van der Waals surface area contributed by atoms with E-state index in [0.29, 0.717) is 18.7 Å². The van der Waals surface area contributed by atoms with Crippen molar-refractivity contribution in [3.8, 4) is 0 Å². The first-order chi connectivity index (χ1) is 20.2. The standard InChI is InChI=1S/C31H41N5O7/c1-19(30(43)36-14-6-13-31(2,3)18-36)33-28(41)24(17-25(32)37)35-29(42)23(34-26(38)11-12-27(39)40)16-20-9-10-21-7-4-5-8-22(21)15-20/h4-5,7-10,15,19,23-24H,6,11-14,16-18H2,1-3H3,(H2,32,37)(H,33,41)(H,34,38)(H,35,42)(H,39,40)/t19-,23-,24-/m0/s1. The minimum atomic E-state index is -1.41. The number of benzene rings is 2. The Labute approximate surface area is 250 Å². The zero-order valence-corrected chi connectivity index (χ0v) is 24.9. The summed E-state index contributed by atoms with van der Waals surface area (Å²) in [7, 11) is 0. The number of hydrogen-bond donors (Lipinski definition) is 5. The van der Waals surface area contributed by atoms with Crippen LogP contribution in [0, 0.1) is 5.41 Å². The van der Waals surface area contributed by atoms with Crippen LogP contribution < -0.4 is 21.7 Å². The van der Waals surface area contributed by atoms with Gasteiger partial charge in [0, 0.05) is 25.9 Å². The van der Waals surface area contributed by atoms with Crippen LogP contribution in [-0.2, 0) is 35.2 Å². The monoisotopic (exact) mass is 595 g/mol. The third-order valence-electron chi connectivity index (χ3n) is 7.45. The summed E-state index contributed by atoms with van der Waals surface area (Å²) in [6.07, 6.45) is 0.539. The van der Waals surface area contributed by atoms with E-state index in [0.717, 1.165) is 23.6 Å². The number of hydrogen-bond acceptors (Lipinski definition) is 6. The van der Waals surface area contributed by atoms with Crippen LogP contribution in [0.1, 0.15) is 58.4 Å². The Balaban J connectivity index is 1.75. The fourth-order valence-electron chi connectivity index (χ4n) is 5.24. The third-order valence-corrected chi connectivity index (χ3v) is 7.45. The summed E-state index contributed by atoms with van der Waals surface area (Å²) in [6, 6.07) is 9.61. The van der Waals surface area contributed by atoms with E-state index >= 15 is 0 Å². The van der Waals surface area contributed by atoms with Crippen molar-refractivity contribution in [2.24, 2.45) is 11.1 Å². The van der Waals surface area contributed by atoms with Gasteiger partial charge in [-0.1, -0.05) is 56.3 Å². The lowest BCUT2D eigenvalue weighted by Gasteiger charge is -2.39. The number of likely N-dealkylation sites (tertiary alicyclic amines) is 1. The highest BCUT2D eigenvalue weighted by molar-refractivity contribution is 5.96. The van der Waals surface area contributed by atoms with Crippen molar-refractivity contribution in [2.75, 3.05) is 13.1 Å². The predicted octanol–water partition coefficient (Wildman–Crippen LogP) is 1.25. The van der Waals surface area contributed by atoms with Crippen LogP contribution in [0.25, 0.3) is 10.8 Å². The molecule has 43 heavy (non-hydrogen) atoms. The molecule has 1 heterocycles. The maximum absolute atomic E-state index is 13.5. The number of nitrogens with one attached hydrogen (secondary N) is 3. The van der Waals surface area contributed by atoms with E-state index in [-0.39, 0.29) is 24.2 Å². The lowest BCUT2D eigenvalue weighted by atomic mass is 9.84. The zero-order valence-electron chi connectivity index (χ0n) is 24.9. The summed E-state index contributed by atoms with van der Waals surface area (Å²) in [5.74, 6) is -4.50. The molecule has 3 rings (SSSR count). The predicted molar refractivity (Wildman–Crippen MR) is 159 cm³/mol. The van der Waals surface area contributed by atoms with E-state index in [1.807, 2.05) is 36.4 Å². The van der Waals surface area contributed by atoms with Crippen molar-refractivity contribution in [1.29, 1.82) is 0 Å². The van der Waals surface area contributed by atoms with Crippen molar-refractivity contribution in [3.63, 3.8) is 0 Å². The molecule has 0 unspecified atom stereocenters. The van der Waals surface area contributed by atoms with Gasteiger partial charge in [-0.3, -0.25) is 28.8 Å². The van der Waals surface area contributed by atoms with Crippen LogP contribution in [0.15, 0.2) is 42.5 Å². The van der Waals surface area contributed by atoms with Crippen molar-refractivity contribution in [2.45, 2.75) is 77.4 Å². The highest BCUT2D eigenvalue weighted by Crippen LogP contribution is 2.28. The Kier molecular flexibility index (Phi) is 11.2. The average Bonchev–Trinajstić information content (AvgIpc) is 2.94. The molecule has 0 bridgehead atoms. The Morgan fingerprint density at radius 3 is 2.26 bits per heavy atom. The molecule has 6 N–H and O–H groups in total. The number of nitrogens with zero attached hydrogens (tertiary/aromatic N) is 1. The maximum Gasteiger partial charge on any atom is 0.303 e. The molecular formula is C31H41N5O7. The van der Waals surface area contributed by atoms with Gasteiger partial charge >= 0.3 is 5.97 Å². The summed E-state index contributed by atoms with van der Waals surface area (Å²) in [6.45, 7) is 6.80. The highest BCUT2D eigenvalue weighted by atomic mass is 16.4. The highest BCUT2D eigenvalue weighted by Gasteiger charge is 2.34. The first-order valence-corrected chi connectivity index (χ1v) is 14.4. The Morgan fingerprint density at radius 1 is 0.930 bits per heavy atom. The minimum absolute atomic E-state index is 0.0278. The number of carboxylic acid groups (broad SMARTS) is 1. The number of carbonyl (C=O) groups excluding carboxylic acids is 5. The largest absolute Gasteiger partial charge is 0.481 e. The van der Waals surface area contributed by atoms with Crippen LogP contribution in [0.5, 0.6) is 0 Å². The number of amides is 5. The number of nitrogens with two attached hydrogens (primary N) is 1. The van der Waals surface area contributed by atoms with Gasteiger partial charge in [-0.25, -0.2) is 0 Å². The van der Waals surface area contributed by atoms with Gasteiger partial charge in [0.25, 0.3) is 0 Å². The molecule has 232 valence electrons. The maximum atomic E-state index is 13.5. The average molecular weight is 596 g/mol. The number of rotatable bonds is 13. The van der Waals surface area contributed by atoms with Crippen LogP contribution in [-0.4, -0.2) is 76.7 Å². The van der Waals surface area contributed by atoms with Gasteiger partial charge in [0.15, 0.2) is 0 Å². The molecule has 3 atom stereocenters. The molecule has 0 radical (unpaired) electrons. The molecular weight excluding hydrogens is 554 g/mol. The van der Waals surface area contributed by atoms with Crippen LogP contribution in [0.2, 0.25) is 0 Å². The van der Waals surface area contributed by atoms with Gasteiger partial charge < -0.3 is 31.7 Å². The van der Waals surface area contributed by atoms with Gasteiger partial charge in [0.05, 0.1) is 12.8 Å². The van der Waals surface area contributed by atoms with Crippen molar-refractivity contribution >= 4 is 46.3 Å². The Bertz CT molecular complexity index is 1380. The third kappa shape index (κ3) is 10.1. The van der Waals surface area contributed by atoms with E-state index in [2.05, 4.69) is 29.8 Å². The second-order valence-electron chi connectivity index (χ2n) is 11.9. The number of piperidine rings is 1. The van der Waals surface area contributed by atoms with E-state index in [4.69, 9.17) is 10.8 Å². The Hall–Kier alpha value is -4.48. The number of primary amides is 1. The summed E-state index contributed by atoms with van der Waals surface area (Å²) < 4.78 is 0. The molecule has 0 spiro atoms. The molecule has 0 saturated carbocycles. The first-order valence-electron chi connectivity index (χ1n) is 14.4. The number of carbonyl (C=O) groups is 6. The minimum Gasteiger partial charge on any atom is -0.481 e. The molecule has 1 aliphatic rings. The van der Waals surface area contributed by atoms with Crippen molar-refractivity contribution < 1.29 is 33.9 Å². The molecule has 1 aliphatic heterocycles. The van der Waals surface area contributed by atoms with E-state index in [9.17, 15) is 28.8 Å². The molecule has 5 amide bonds. The fraction of sp³-hybridized carbons (Fsp3) is 0.484. The second kappa shape index (κ2) is 14.6. The fourth-order valence-corrected chi connectivity index (χ4v) is 5.24. The smallest absolute Gasteiger partial charge is 0.303 e. The Morgan fingerprint density at radius 2 is 1.60 bits per heavy atom. The quantitative estimate of drug-likeness (QED) is 0.230. The molecule has 1 fully saturated rings. The van der Waals surface area contributed by atoms with E-state index in [1.54, 1.807) is 11.0 Å². The molecule has 2 aromatic rings. The molecule has 1 saturated heterocycles. The van der Waals surface area contributed by atoms with E-state index < -0.39 is 60.6 Å². The van der Waals surface area contributed by atoms with Crippen LogP contribution in [0.3, 0.4) is 0 Å². The molecule has 0 aromatic heterocycles. The van der Waals surface area contributed by atoms with Crippen molar-refractivity contribution in [3.05, 3.63) is 48.0 Å². The SMILES string of the molecule is C[C@H](NC(=O)[C@H](CC(N)=O)NC(=O)[C@H](Cc1ccc2ccccc2c1)NC(=O)CCC(=O)O)C(=O)N1CCCC(C)(C)C1. The summed E-state index contributed by atoms with van der Waals surface area (Å²) in [4.78, 5) is 76.8. The lowest BCUT2D eigenvalue weighted by Crippen LogP contribution is -2.58. The normalized spacial score (nSPS) is 16.4.